The molecule has 0 radical (unpaired) electrons. The van der Waals surface area contributed by atoms with Gasteiger partial charge in [0.15, 0.2) is 0 Å². The van der Waals surface area contributed by atoms with Crippen molar-refractivity contribution in [2.45, 2.75) is 0 Å². The van der Waals surface area contributed by atoms with E-state index in [1.807, 2.05) is 24.3 Å². The van der Waals surface area contributed by atoms with Crippen LogP contribution in [0, 0.1) is 6.07 Å². The topological polar surface area (TPSA) is 30.7 Å². The summed E-state index contributed by atoms with van der Waals surface area (Å²) in [6, 6.07) is 10.6. The van der Waals surface area contributed by atoms with Crippen LogP contribution in [0.25, 0.3) is 5.69 Å². The van der Waals surface area contributed by atoms with Gasteiger partial charge in [0.25, 0.3) is 0 Å². The second-order valence-corrected chi connectivity index (χ2v) is 2.07. The third-order valence-corrected chi connectivity index (χ3v) is 1.33. The van der Waals surface area contributed by atoms with Gasteiger partial charge in [0.1, 0.15) is 0 Å². The van der Waals surface area contributed by atoms with E-state index >= 15 is 0 Å². The molecule has 0 N–H and O–H groups in total. The summed E-state index contributed by atoms with van der Waals surface area (Å²) in [5.41, 5.74) is 0.859. The Balaban J connectivity index is 0.000000720. The Morgan fingerprint density at radius 1 is 1.17 bits per heavy atom. The van der Waals surface area contributed by atoms with Crippen molar-refractivity contribution in [3.63, 3.8) is 0 Å². The number of rotatable bonds is 1. The van der Waals surface area contributed by atoms with Crippen molar-refractivity contribution in [3.05, 3.63) is 42.7 Å². The Kier molecular flexibility index (Phi) is 3.17. The fourth-order valence-corrected chi connectivity index (χ4v) is 0.848. The molecule has 2 rings (SSSR count). The van der Waals surface area contributed by atoms with E-state index in [0.717, 1.165) is 5.69 Å². The van der Waals surface area contributed by atoms with Gasteiger partial charge >= 0.3 is 0 Å². The van der Waals surface area contributed by atoms with Crippen molar-refractivity contribution in [3.8, 4) is 5.69 Å². The molecule has 1 aromatic heterocycles. The molecule has 0 aliphatic carbocycles. The van der Waals surface area contributed by atoms with Gasteiger partial charge in [-0.15, -0.1) is 6.07 Å². The summed E-state index contributed by atoms with van der Waals surface area (Å²) >= 11 is 0. The van der Waals surface area contributed by atoms with E-state index in [4.69, 9.17) is 0 Å². The summed E-state index contributed by atoms with van der Waals surface area (Å²) in [4.78, 5) is 1.53. The summed E-state index contributed by atoms with van der Waals surface area (Å²) in [5, 5.41) is 7.92. The molecule has 1 aromatic carbocycles. The first-order valence-corrected chi connectivity index (χ1v) is 3.30. The zero-order valence-corrected chi connectivity index (χ0v) is 8.39. The second kappa shape index (κ2) is 4.17. The Bertz CT molecular complexity index is 317. The molecular weight excluding hydrogens is 333 g/mol. The van der Waals surface area contributed by atoms with Crippen LogP contribution in [0.1, 0.15) is 0 Å². The van der Waals surface area contributed by atoms with Crippen LogP contribution in [-0.4, -0.2) is 15.0 Å². The standard InChI is InChI=1S/C8H6N3.Pt/c1-2-4-8(5-3-1)11-9-6-7-10-11;/h1-4,6-7H;/q-1;. The summed E-state index contributed by atoms with van der Waals surface area (Å²) in [6.45, 7) is 0. The average Bonchev–Trinajstić information content (AvgIpc) is 2.58. The van der Waals surface area contributed by atoms with Gasteiger partial charge in [-0.25, -0.2) is 0 Å². The minimum atomic E-state index is 0. The molecule has 0 spiro atoms. The van der Waals surface area contributed by atoms with Crippen LogP contribution >= 0.6 is 0 Å². The Hall–Kier alpha value is -0.952. The zero-order valence-electron chi connectivity index (χ0n) is 6.12. The Labute approximate surface area is 84.7 Å². The third kappa shape index (κ3) is 1.80. The molecule has 0 fully saturated rings. The molecule has 1 heterocycles. The van der Waals surface area contributed by atoms with E-state index < -0.39 is 0 Å². The monoisotopic (exact) mass is 339 g/mol. The van der Waals surface area contributed by atoms with Gasteiger partial charge < -0.3 is 0 Å². The van der Waals surface area contributed by atoms with Crippen LogP contribution in [0.3, 0.4) is 0 Å². The summed E-state index contributed by atoms with van der Waals surface area (Å²) in [5.74, 6) is 0. The van der Waals surface area contributed by atoms with Crippen molar-refractivity contribution in [2.24, 2.45) is 0 Å². The van der Waals surface area contributed by atoms with Gasteiger partial charge in [0.05, 0.1) is 12.4 Å². The van der Waals surface area contributed by atoms with E-state index in [1.54, 1.807) is 12.4 Å². The number of hydrogen-bond acceptors (Lipinski definition) is 2. The van der Waals surface area contributed by atoms with Crippen LogP contribution in [0.15, 0.2) is 36.7 Å². The normalized spacial score (nSPS) is 9.00. The molecule has 0 saturated carbocycles. The fourth-order valence-electron chi connectivity index (χ4n) is 0.848. The molecule has 3 nitrogen and oxygen atoms in total. The van der Waals surface area contributed by atoms with E-state index in [2.05, 4.69) is 16.3 Å². The first kappa shape index (κ1) is 9.14. The SMILES string of the molecule is [Pt].[c-]1ccccc1-n1nccn1. The number of aromatic nitrogens is 3. The maximum atomic E-state index is 3.96. The molecule has 4 heteroatoms. The average molecular weight is 339 g/mol. The molecule has 0 atom stereocenters. The minimum absolute atomic E-state index is 0. The maximum Gasteiger partial charge on any atom is 0.0696 e. The van der Waals surface area contributed by atoms with Gasteiger partial charge in [-0.3, -0.25) is 0 Å². The molecule has 12 heavy (non-hydrogen) atoms. The number of para-hydroxylation sites is 1. The smallest absolute Gasteiger partial charge is 0.0696 e. The first-order valence-electron chi connectivity index (χ1n) is 3.30. The van der Waals surface area contributed by atoms with Crippen molar-refractivity contribution in [1.29, 1.82) is 0 Å². The van der Waals surface area contributed by atoms with Crippen LogP contribution < -0.4 is 0 Å². The van der Waals surface area contributed by atoms with E-state index in [9.17, 15) is 0 Å². The van der Waals surface area contributed by atoms with Crippen molar-refractivity contribution in [2.75, 3.05) is 0 Å². The van der Waals surface area contributed by atoms with Gasteiger partial charge in [-0.1, -0.05) is 0 Å². The third-order valence-electron chi connectivity index (χ3n) is 1.33. The molecule has 0 unspecified atom stereocenters. The molecule has 0 bridgehead atoms. The predicted molar refractivity (Wildman–Crippen MR) is 40.2 cm³/mol. The summed E-state index contributed by atoms with van der Waals surface area (Å²) in [6.07, 6.45) is 3.28. The van der Waals surface area contributed by atoms with Gasteiger partial charge in [-0.2, -0.15) is 39.3 Å². The largest absolute Gasteiger partial charge is 0.177 e. The van der Waals surface area contributed by atoms with E-state index in [0.29, 0.717) is 0 Å². The zero-order chi connectivity index (χ0) is 7.52. The van der Waals surface area contributed by atoms with Crippen LogP contribution in [-0.2, 0) is 21.1 Å². The van der Waals surface area contributed by atoms with Crippen LogP contribution in [0.4, 0.5) is 0 Å². The van der Waals surface area contributed by atoms with Crippen molar-refractivity contribution >= 4 is 0 Å². The number of nitrogens with zero attached hydrogens (tertiary/aromatic N) is 3. The molecular formula is C8H6N3Pt-. The fraction of sp³-hybridized carbons (Fsp3) is 0. The van der Waals surface area contributed by atoms with Crippen LogP contribution in [0.5, 0.6) is 0 Å². The van der Waals surface area contributed by atoms with Gasteiger partial charge in [0.2, 0.25) is 0 Å². The number of hydrogen-bond donors (Lipinski definition) is 0. The Morgan fingerprint density at radius 3 is 2.50 bits per heavy atom. The summed E-state index contributed by atoms with van der Waals surface area (Å²) < 4.78 is 0. The van der Waals surface area contributed by atoms with Crippen LogP contribution in [0.2, 0.25) is 0 Å². The molecule has 0 saturated heterocycles. The molecule has 0 amide bonds. The Morgan fingerprint density at radius 2 is 1.92 bits per heavy atom. The van der Waals surface area contributed by atoms with E-state index in [-0.39, 0.29) is 21.1 Å². The van der Waals surface area contributed by atoms with Crippen molar-refractivity contribution < 1.29 is 21.1 Å². The van der Waals surface area contributed by atoms with Gasteiger partial charge in [0, 0.05) is 21.1 Å². The molecule has 64 valence electrons. The summed E-state index contributed by atoms with van der Waals surface area (Å²) in [7, 11) is 0. The van der Waals surface area contributed by atoms with Gasteiger partial charge in [-0.05, 0) is 5.69 Å². The first-order chi connectivity index (χ1) is 5.47. The molecule has 0 aliphatic heterocycles. The number of benzene rings is 1. The second-order valence-electron chi connectivity index (χ2n) is 2.07. The minimum Gasteiger partial charge on any atom is -0.177 e. The molecule has 2 aromatic rings. The predicted octanol–water partition coefficient (Wildman–Crippen LogP) is 1.06. The molecule has 0 aliphatic rings. The van der Waals surface area contributed by atoms with Crippen molar-refractivity contribution in [1.82, 2.24) is 15.0 Å². The maximum absolute atomic E-state index is 3.96. The van der Waals surface area contributed by atoms with E-state index in [1.165, 1.54) is 4.80 Å². The quantitative estimate of drug-likeness (QED) is 0.728.